The van der Waals surface area contributed by atoms with E-state index < -0.39 is 24.5 Å². The average Bonchev–Trinajstić information content (AvgIpc) is 2.67. The van der Waals surface area contributed by atoms with Crippen LogP contribution in [0.2, 0.25) is 0 Å². The molecule has 2 amide bonds. The number of ether oxygens (including phenoxy) is 1. The summed E-state index contributed by atoms with van der Waals surface area (Å²) < 4.78 is 4.98. The van der Waals surface area contributed by atoms with Crippen molar-refractivity contribution in [3.05, 3.63) is 0 Å². The zero-order chi connectivity index (χ0) is 20.9. The van der Waals surface area contributed by atoms with Crippen molar-refractivity contribution in [2.45, 2.75) is 96.8 Å². The Morgan fingerprint density at radius 1 is 0.679 bits per heavy atom. The molecule has 164 valence electrons. The normalized spacial score (nSPS) is 10.5. The quantitative estimate of drug-likeness (QED) is 0.279. The zero-order valence-corrected chi connectivity index (χ0v) is 17.6. The van der Waals surface area contributed by atoms with E-state index in [1.54, 1.807) is 0 Å². The molecule has 0 heterocycles. The second kappa shape index (κ2) is 20.0. The van der Waals surface area contributed by atoms with Gasteiger partial charge in [-0.1, -0.05) is 90.4 Å². The Kier molecular flexibility index (Phi) is 18.7. The number of carbonyl (C=O) groups excluding carboxylic acids is 2. The monoisotopic (exact) mass is 400 g/mol. The van der Waals surface area contributed by atoms with Crippen LogP contribution in [-0.2, 0) is 14.3 Å². The molecule has 0 aromatic heterocycles. The van der Waals surface area contributed by atoms with Gasteiger partial charge in [0.1, 0.15) is 13.1 Å². The summed E-state index contributed by atoms with van der Waals surface area (Å²) in [6, 6.07) is 0. The summed E-state index contributed by atoms with van der Waals surface area (Å²) >= 11 is 0. The van der Waals surface area contributed by atoms with Crippen molar-refractivity contribution in [2.24, 2.45) is 0 Å². The second-order valence-corrected chi connectivity index (χ2v) is 7.26. The van der Waals surface area contributed by atoms with E-state index in [0.717, 1.165) is 19.3 Å². The van der Waals surface area contributed by atoms with E-state index in [4.69, 9.17) is 9.84 Å². The summed E-state index contributed by atoms with van der Waals surface area (Å²) in [6.07, 6.45) is 17.1. The van der Waals surface area contributed by atoms with Gasteiger partial charge in [-0.2, -0.15) is 0 Å². The molecule has 0 bridgehead atoms. The minimum Gasteiger partial charge on any atom is -0.480 e. The molecule has 0 rings (SSSR count). The molecule has 0 aliphatic rings. The maximum Gasteiger partial charge on any atom is 0.407 e. The molecule has 0 spiro atoms. The molecule has 0 unspecified atom stereocenters. The molecule has 0 aromatic rings. The van der Waals surface area contributed by atoms with Gasteiger partial charge in [0, 0.05) is 0 Å². The fourth-order valence-corrected chi connectivity index (χ4v) is 2.90. The average molecular weight is 401 g/mol. The number of alkyl carbamates (subject to hydrolysis) is 1. The standard InChI is InChI=1S/C21H40N2O5/c1-2-3-4-5-6-7-8-9-10-11-12-13-14-15-16-28-21(27)23-17-19(24)22-18-20(25)26/h2-18H2,1H3,(H,22,24)(H,23,27)(H,25,26). The van der Waals surface area contributed by atoms with Crippen LogP contribution in [0, 0.1) is 0 Å². The van der Waals surface area contributed by atoms with E-state index in [2.05, 4.69) is 17.6 Å². The van der Waals surface area contributed by atoms with E-state index in [9.17, 15) is 14.4 Å². The van der Waals surface area contributed by atoms with Crippen LogP contribution in [-0.4, -0.2) is 42.8 Å². The van der Waals surface area contributed by atoms with Crippen LogP contribution in [0.25, 0.3) is 0 Å². The molecule has 0 radical (unpaired) electrons. The Labute approximate surface area is 170 Å². The van der Waals surface area contributed by atoms with E-state index >= 15 is 0 Å². The lowest BCUT2D eigenvalue weighted by Gasteiger charge is -2.07. The molecule has 28 heavy (non-hydrogen) atoms. The maximum absolute atomic E-state index is 11.4. The summed E-state index contributed by atoms with van der Waals surface area (Å²) in [5.41, 5.74) is 0. The van der Waals surface area contributed by atoms with E-state index in [1.807, 2.05) is 0 Å². The highest BCUT2D eigenvalue weighted by atomic mass is 16.5. The molecule has 0 atom stereocenters. The van der Waals surface area contributed by atoms with Crippen LogP contribution in [0.5, 0.6) is 0 Å². The lowest BCUT2D eigenvalue weighted by molar-refractivity contribution is -0.137. The van der Waals surface area contributed by atoms with Crippen molar-refractivity contribution in [1.82, 2.24) is 10.6 Å². The maximum atomic E-state index is 11.4. The molecule has 0 fully saturated rings. The first-order chi connectivity index (χ1) is 13.6. The van der Waals surface area contributed by atoms with Gasteiger partial charge in [0.2, 0.25) is 5.91 Å². The van der Waals surface area contributed by atoms with Crippen molar-refractivity contribution < 1.29 is 24.2 Å². The van der Waals surface area contributed by atoms with Gasteiger partial charge in [-0.05, 0) is 6.42 Å². The van der Waals surface area contributed by atoms with Crippen LogP contribution in [0.15, 0.2) is 0 Å². The number of rotatable bonds is 19. The van der Waals surface area contributed by atoms with Crippen molar-refractivity contribution in [3.63, 3.8) is 0 Å². The smallest absolute Gasteiger partial charge is 0.407 e. The molecule has 0 saturated carbocycles. The molecular weight excluding hydrogens is 360 g/mol. The third-order valence-corrected chi connectivity index (χ3v) is 4.56. The van der Waals surface area contributed by atoms with Gasteiger partial charge in [-0.15, -0.1) is 0 Å². The Balaban J connectivity index is 3.25. The third-order valence-electron chi connectivity index (χ3n) is 4.56. The second-order valence-electron chi connectivity index (χ2n) is 7.26. The summed E-state index contributed by atoms with van der Waals surface area (Å²) in [5.74, 6) is -1.69. The largest absolute Gasteiger partial charge is 0.480 e. The molecular formula is C21H40N2O5. The van der Waals surface area contributed by atoms with E-state index in [0.29, 0.717) is 6.61 Å². The Morgan fingerprint density at radius 2 is 1.14 bits per heavy atom. The van der Waals surface area contributed by atoms with E-state index in [1.165, 1.54) is 70.6 Å². The van der Waals surface area contributed by atoms with Crippen molar-refractivity contribution in [1.29, 1.82) is 0 Å². The van der Waals surface area contributed by atoms with Crippen LogP contribution < -0.4 is 10.6 Å². The lowest BCUT2D eigenvalue weighted by Crippen LogP contribution is -2.39. The van der Waals surface area contributed by atoms with Gasteiger partial charge in [-0.25, -0.2) is 4.79 Å². The molecule has 3 N–H and O–H groups in total. The Hall–Kier alpha value is -1.79. The predicted molar refractivity (Wildman–Crippen MR) is 110 cm³/mol. The number of unbranched alkanes of at least 4 members (excludes halogenated alkanes) is 13. The molecule has 7 heteroatoms. The summed E-state index contributed by atoms with van der Waals surface area (Å²) in [4.78, 5) is 32.9. The minimum absolute atomic E-state index is 0.287. The predicted octanol–water partition coefficient (Wildman–Crippen LogP) is 4.39. The van der Waals surface area contributed by atoms with Crippen LogP contribution in [0.1, 0.15) is 96.8 Å². The van der Waals surface area contributed by atoms with Crippen molar-refractivity contribution >= 4 is 18.0 Å². The number of aliphatic carboxylic acids is 1. The SMILES string of the molecule is CCCCCCCCCCCCCCCCOC(=O)NCC(=O)NCC(=O)O. The van der Waals surface area contributed by atoms with Gasteiger partial charge in [-0.3, -0.25) is 9.59 Å². The lowest BCUT2D eigenvalue weighted by atomic mass is 10.0. The number of carbonyl (C=O) groups is 3. The van der Waals surface area contributed by atoms with E-state index in [-0.39, 0.29) is 6.54 Å². The van der Waals surface area contributed by atoms with Crippen LogP contribution in [0.3, 0.4) is 0 Å². The highest BCUT2D eigenvalue weighted by molar-refractivity contribution is 5.84. The number of hydrogen-bond donors (Lipinski definition) is 3. The number of amides is 2. The van der Waals surface area contributed by atoms with Gasteiger partial charge >= 0.3 is 12.1 Å². The van der Waals surface area contributed by atoms with Crippen molar-refractivity contribution in [2.75, 3.05) is 19.7 Å². The number of carboxylic acid groups (broad SMARTS) is 1. The fourth-order valence-electron chi connectivity index (χ4n) is 2.90. The number of carboxylic acids is 1. The van der Waals surface area contributed by atoms with Gasteiger partial charge in [0.15, 0.2) is 0 Å². The highest BCUT2D eigenvalue weighted by Gasteiger charge is 2.07. The molecule has 0 aliphatic carbocycles. The zero-order valence-electron chi connectivity index (χ0n) is 17.6. The summed E-state index contributed by atoms with van der Waals surface area (Å²) in [6.45, 7) is 1.83. The van der Waals surface area contributed by atoms with Gasteiger partial charge in [0.05, 0.1) is 6.61 Å². The first-order valence-corrected chi connectivity index (χ1v) is 11.0. The first kappa shape index (κ1) is 26.2. The minimum atomic E-state index is -1.13. The Bertz CT molecular complexity index is 416. The Morgan fingerprint density at radius 3 is 1.61 bits per heavy atom. The van der Waals surface area contributed by atoms with Crippen LogP contribution >= 0.6 is 0 Å². The number of hydrogen-bond acceptors (Lipinski definition) is 4. The van der Waals surface area contributed by atoms with Gasteiger partial charge in [0.25, 0.3) is 0 Å². The fraction of sp³-hybridized carbons (Fsp3) is 0.857. The molecule has 0 aromatic carbocycles. The molecule has 0 saturated heterocycles. The summed E-state index contributed by atoms with van der Waals surface area (Å²) in [5, 5.41) is 12.9. The van der Waals surface area contributed by atoms with Crippen molar-refractivity contribution in [3.8, 4) is 0 Å². The van der Waals surface area contributed by atoms with Gasteiger partial charge < -0.3 is 20.5 Å². The molecule has 7 nitrogen and oxygen atoms in total. The topological polar surface area (TPSA) is 105 Å². The first-order valence-electron chi connectivity index (χ1n) is 11.0. The number of nitrogens with one attached hydrogen (secondary N) is 2. The third kappa shape index (κ3) is 20.5. The summed E-state index contributed by atoms with van der Waals surface area (Å²) in [7, 11) is 0. The van der Waals surface area contributed by atoms with Crippen LogP contribution in [0.4, 0.5) is 4.79 Å². The molecule has 0 aliphatic heterocycles. The highest BCUT2D eigenvalue weighted by Crippen LogP contribution is 2.12.